The first-order valence-corrected chi connectivity index (χ1v) is 11.7. The van der Waals surface area contributed by atoms with Crippen molar-refractivity contribution in [3.63, 3.8) is 0 Å². The van der Waals surface area contributed by atoms with Crippen molar-refractivity contribution in [3.05, 3.63) is 59.6 Å². The maximum Gasteiger partial charge on any atom is 0.242 e. The van der Waals surface area contributed by atoms with Gasteiger partial charge in [-0.25, -0.2) is 13.1 Å². The maximum atomic E-state index is 12.9. The highest BCUT2D eigenvalue weighted by molar-refractivity contribution is 7.89. The van der Waals surface area contributed by atoms with Crippen LogP contribution in [-0.4, -0.2) is 52.6 Å². The SMILES string of the molecule is O=C(CN(C(=O)CNS(=O)(=O)c1ccccc1)c1ccc(Cl)cc1)NC[C@H]1CCCO1. The van der Waals surface area contributed by atoms with E-state index in [1.54, 1.807) is 42.5 Å². The lowest BCUT2D eigenvalue weighted by Gasteiger charge is -2.23. The zero-order chi connectivity index (χ0) is 22.3. The number of halogens is 1. The van der Waals surface area contributed by atoms with Crippen molar-refractivity contribution in [2.45, 2.75) is 23.8 Å². The molecule has 1 aliphatic rings. The summed E-state index contributed by atoms with van der Waals surface area (Å²) in [4.78, 5) is 26.6. The molecule has 3 rings (SSSR count). The van der Waals surface area contributed by atoms with Crippen molar-refractivity contribution < 1.29 is 22.7 Å². The Hall–Kier alpha value is -2.46. The van der Waals surface area contributed by atoms with Crippen LogP contribution in [0.2, 0.25) is 5.02 Å². The molecule has 8 nitrogen and oxygen atoms in total. The van der Waals surface area contributed by atoms with Gasteiger partial charge in [-0.1, -0.05) is 29.8 Å². The summed E-state index contributed by atoms with van der Waals surface area (Å²) in [6.45, 7) is 0.277. The fourth-order valence-corrected chi connectivity index (χ4v) is 4.23. The molecular weight excluding hydrogens is 442 g/mol. The predicted octanol–water partition coefficient (Wildman–Crippen LogP) is 1.95. The molecule has 0 aliphatic carbocycles. The van der Waals surface area contributed by atoms with Crippen LogP contribution in [0.5, 0.6) is 0 Å². The van der Waals surface area contributed by atoms with E-state index in [0.717, 1.165) is 12.8 Å². The van der Waals surface area contributed by atoms with Crippen LogP contribution in [0, 0.1) is 0 Å². The Morgan fingerprint density at radius 1 is 1.10 bits per heavy atom. The smallest absolute Gasteiger partial charge is 0.242 e. The summed E-state index contributed by atoms with van der Waals surface area (Å²) in [5, 5.41) is 3.24. The summed E-state index contributed by atoms with van der Waals surface area (Å²) in [6.07, 6.45) is 1.81. The molecule has 1 heterocycles. The van der Waals surface area contributed by atoms with Crippen molar-refractivity contribution in [2.24, 2.45) is 0 Å². The van der Waals surface area contributed by atoms with Crippen molar-refractivity contribution in [1.82, 2.24) is 10.0 Å². The van der Waals surface area contributed by atoms with Gasteiger partial charge < -0.3 is 15.0 Å². The van der Waals surface area contributed by atoms with E-state index in [1.165, 1.54) is 17.0 Å². The van der Waals surface area contributed by atoms with Crippen molar-refractivity contribution in [3.8, 4) is 0 Å². The Morgan fingerprint density at radius 2 is 1.81 bits per heavy atom. The van der Waals surface area contributed by atoms with Gasteiger partial charge in [0.2, 0.25) is 21.8 Å². The van der Waals surface area contributed by atoms with E-state index in [4.69, 9.17) is 16.3 Å². The molecule has 10 heteroatoms. The number of rotatable bonds is 9. The molecule has 0 spiro atoms. The zero-order valence-electron chi connectivity index (χ0n) is 16.8. The lowest BCUT2D eigenvalue weighted by molar-refractivity contribution is -0.123. The number of hydrogen-bond acceptors (Lipinski definition) is 5. The Labute approximate surface area is 186 Å². The molecule has 0 unspecified atom stereocenters. The van der Waals surface area contributed by atoms with Crippen LogP contribution in [0.25, 0.3) is 0 Å². The average molecular weight is 466 g/mol. The number of nitrogens with one attached hydrogen (secondary N) is 2. The van der Waals surface area contributed by atoms with Crippen LogP contribution in [-0.2, 0) is 24.3 Å². The van der Waals surface area contributed by atoms with E-state index in [-0.39, 0.29) is 23.5 Å². The number of ether oxygens (including phenoxy) is 1. The molecule has 2 amide bonds. The highest BCUT2D eigenvalue weighted by Crippen LogP contribution is 2.18. The maximum absolute atomic E-state index is 12.9. The van der Waals surface area contributed by atoms with Gasteiger partial charge in [0.25, 0.3) is 0 Å². The van der Waals surface area contributed by atoms with Gasteiger partial charge in [0.15, 0.2) is 0 Å². The fourth-order valence-electron chi connectivity index (χ4n) is 3.11. The molecule has 2 aromatic rings. The molecule has 0 aromatic heterocycles. The van der Waals surface area contributed by atoms with Gasteiger partial charge in [-0.05, 0) is 49.2 Å². The summed E-state index contributed by atoms with van der Waals surface area (Å²) in [7, 11) is -3.86. The second-order valence-electron chi connectivity index (χ2n) is 7.03. The standard InChI is InChI=1S/C21H24ClN3O5S/c22-16-8-10-17(11-9-16)25(15-20(26)23-13-18-5-4-12-30-18)21(27)14-24-31(28,29)19-6-2-1-3-7-19/h1-3,6-11,18,24H,4-5,12-15H2,(H,23,26)/t18-/m1/s1. The summed E-state index contributed by atoms with van der Waals surface area (Å²) in [6, 6.07) is 14.1. The molecule has 31 heavy (non-hydrogen) atoms. The highest BCUT2D eigenvalue weighted by Gasteiger charge is 2.23. The largest absolute Gasteiger partial charge is 0.376 e. The Morgan fingerprint density at radius 3 is 2.45 bits per heavy atom. The summed E-state index contributed by atoms with van der Waals surface area (Å²) in [5.74, 6) is -0.946. The fraction of sp³-hybridized carbons (Fsp3) is 0.333. The average Bonchev–Trinajstić information content (AvgIpc) is 3.29. The van der Waals surface area contributed by atoms with Crippen LogP contribution in [0.3, 0.4) is 0 Å². The van der Waals surface area contributed by atoms with Gasteiger partial charge in [-0.15, -0.1) is 0 Å². The summed E-state index contributed by atoms with van der Waals surface area (Å²) >= 11 is 5.92. The molecule has 166 valence electrons. The number of carbonyl (C=O) groups is 2. The van der Waals surface area contributed by atoms with E-state index in [2.05, 4.69) is 10.0 Å². The molecule has 1 saturated heterocycles. The zero-order valence-corrected chi connectivity index (χ0v) is 18.4. The lowest BCUT2D eigenvalue weighted by atomic mass is 10.2. The van der Waals surface area contributed by atoms with E-state index < -0.39 is 22.5 Å². The van der Waals surface area contributed by atoms with Crippen LogP contribution in [0.15, 0.2) is 59.5 Å². The minimum atomic E-state index is -3.86. The van der Waals surface area contributed by atoms with Crippen LogP contribution < -0.4 is 14.9 Å². The number of sulfonamides is 1. The third kappa shape index (κ3) is 6.76. The number of nitrogens with zero attached hydrogens (tertiary/aromatic N) is 1. The Balaban J connectivity index is 1.67. The Kier molecular flexibility index (Phi) is 8.03. The quantitative estimate of drug-likeness (QED) is 0.589. The van der Waals surface area contributed by atoms with Crippen LogP contribution in [0.1, 0.15) is 12.8 Å². The van der Waals surface area contributed by atoms with E-state index in [1.807, 2.05) is 0 Å². The first-order chi connectivity index (χ1) is 14.8. The van der Waals surface area contributed by atoms with Crippen LogP contribution >= 0.6 is 11.6 Å². The molecular formula is C21H24ClN3O5S. The number of anilines is 1. The molecule has 0 saturated carbocycles. The van der Waals surface area contributed by atoms with E-state index >= 15 is 0 Å². The topological polar surface area (TPSA) is 105 Å². The molecule has 0 bridgehead atoms. The minimum absolute atomic E-state index is 0.0266. The first kappa shape index (κ1) is 23.2. The number of benzene rings is 2. The third-order valence-electron chi connectivity index (χ3n) is 4.76. The van der Waals surface area contributed by atoms with Gasteiger partial charge in [0.05, 0.1) is 17.5 Å². The molecule has 1 fully saturated rings. The molecule has 0 radical (unpaired) electrons. The normalized spacial score (nSPS) is 16.1. The molecule has 1 atom stereocenters. The highest BCUT2D eigenvalue weighted by atomic mass is 35.5. The number of hydrogen-bond donors (Lipinski definition) is 2. The van der Waals surface area contributed by atoms with Crippen molar-refractivity contribution in [2.75, 3.05) is 31.1 Å². The Bertz CT molecular complexity index is 993. The predicted molar refractivity (Wildman–Crippen MR) is 117 cm³/mol. The van der Waals surface area contributed by atoms with Gasteiger partial charge >= 0.3 is 0 Å². The van der Waals surface area contributed by atoms with Gasteiger partial charge in [-0.2, -0.15) is 0 Å². The van der Waals surface area contributed by atoms with Crippen molar-refractivity contribution in [1.29, 1.82) is 0 Å². The molecule has 2 N–H and O–H groups in total. The first-order valence-electron chi connectivity index (χ1n) is 9.84. The minimum Gasteiger partial charge on any atom is -0.376 e. The van der Waals surface area contributed by atoms with Gasteiger partial charge in [0.1, 0.15) is 6.54 Å². The summed E-state index contributed by atoms with van der Waals surface area (Å²) < 4.78 is 32.6. The lowest BCUT2D eigenvalue weighted by Crippen LogP contribution is -2.46. The van der Waals surface area contributed by atoms with Gasteiger partial charge in [0, 0.05) is 23.9 Å². The van der Waals surface area contributed by atoms with E-state index in [9.17, 15) is 18.0 Å². The molecule has 2 aromatic carbocycles. The van der Waals surface area contributed by atoms with Crippen molar-refractivity contribution >= 4 is 39.1 Å². The van der Waals surface area contributed by atoms with Crippen LogP contribution in [0.4, 0.5) is 5.69 Å². The van der Waals surface area contributed by atoms with E-state index in [0.29, 0.717) is 23.9 Å². The number of amides is 2. The molecule has 1 aliphatic heterocycles. The third-order valence-corrected chi connectivity index (χ3v) is 6.43. The monoisotopic (exact) mass is 465 g/mol. The second kappa shape index (κ2) is 10.7. The number of carbonyl (C=O) groups excluding carboxylic acids is 2. The summed E-state index contributed by atoms with van der Waals surface area (Å²) in [5.41, 5.74) is 0.431. The second-order valence-corrected chi connectivity index (χ2v) is 9.24. The van der Waals surface area contributed by atoms with Gasteiger partial charge in [-0.3, -0.25) is 9.59 Å².